The molecule has 0 N–H and O–H groups in total. The molecule has 0 amide bonds. The van der Waals surface area contributed by atoms with Gasteiger partial charge in [0.25, 0.3) is 5.56 Å². The Hall–Kier alpha value is -2.39. The fourth-order valence-corrected chi connectivity index (χ4v) is 4.30. The van der Waals surface area contributed by atoms with Gasteiger partial charge in [-0.05, 0) is 61.6 Å². The van der Waals surface area contributed by atoms with E-state index >= 15 is 0 Å². The number of aromatic nitrogens is 1. The Balaban J connectivity index is 1.38. The standard InChI is InChI=1S/C24H27NO2/c1-18(25-23-10-6-5-9-21(23)13-16-24(25)26)17-27-22-14-11-20(12-15-22)19-7-3-2-4-8-19/h2-10,13,16,18,20,22H,11-12,14-15,17H2,1H3. The fourth-order valence-electron chi connectivity index (χ4n) is 4.30. The minimum atomic E-state index is 0.0236. The van der Waals surface area contributed by atoms with Crippen molar-refractivity contribution < 1.29 is 4.74 Å². The van der Waals surface area contributed by atoms with Gasteiger partial charge in [0, 0.05) is 6.07 Å². The lowest BCUT2D eigenvalue weighted by molar-refractivity contribution is 0.00992. The van der Waals surface area contributed by atoms with Crippen LogP contribution in [0.15, 0.2) is 71.5 Å². The lowest BCUT2D eigenvalue weighted by atomic mass is 9.83. The van der Waals surface area contributed by atoms with Crippen molar-refractivity contribution >= 4 is 10.9 Å². The summed E-state index contributed by atoms with van der Waals surface area (Å²) < 4.78 is 8.09. The maximum Gasteiger partial charge on any atom is 0.251 e. The quantitative estimate of drug-likeness (QED) is 0.617. The minimum absolute atomic E-state index is 0.0236. The second-order valence-corrected chi connectivity index (χ2v) is 7.67. The highest BCUT2D eigenvalue weighted by molar-refractivity contribution is 5.78. The summed E-state index contributed by atoms with van der Waals surface area (Å²) in [5.74, 6) is 0.657. The van der Waals surface area contributed by atoms with Crippen molar-refractivity contribution in [2.24, 2.45) is 0 Å². The fraction of sp³-hybridized carbons (Fsp3) is 0.375. The van der Waals surface area contributed by atoms with Gasteiger partial charge in [-0.15, -0.1) is 0 Å². The highest BCUT2D eigenvalue weighted by Crippen LogP contribution is 2.34. The predicted molar refractivity (Wildman–Crippen MR) is 110 cm³/mol. The van der Waals surface area contributed by atoms with Crippen LogP contribution >= 0.6 is 0 Å². The molecule has 4 rings (SSSR count). The molecule has 0 aliphatic heterocycles. The van der Waals surface area contributed by atoms with E-state index in [9.17, 15) is 4.79 Å². The number of benzene rings is 2. The molecule has 27 heavy (non-hydrogen) atoms. The van der Waals surface area contributed by atoms with Crippen molar-refractivity contribution in [3.63, 3.8) is 0 Å². The lowest BCUT2D eigenvalue weighted by Crippen LogP contribution is -2.28. The van der Waals surface area contributed by atoms with Crippen LogP contribution in [0.3, 0.4) is 0 Å². The molecule has 2 aromatic carbocycles. The van der Waals surface area contributed by atoms with Crippen LogP contribution in [0.25, 0.3) is 10.9 Å². The van der Waals surface area contributed by atoms with Gasteiger partial charge < -0.3 is 9.30 Å². The van der Waals surface area contributed by atoms with Crippen molar-refractivity contribution in [2.45, 2.75) is 50.7 Å². The summed E-state index contributed by atoms with van der Waals surface area (Å²) in [4.78, 5) is 12.4. The Labute approximate surface area is 160 Å². The Morgan fingerprint density at radius 3 is 2.41 bits per heavy atom. The Morgan fingerprint density at radius 1 is 0.926 bits per heavy atom. The molecule has 1 atom stereocenters. The summed E-state index contributed by atoms with van der Waals surface area (Å²) in [6.07, 6.45) is 4.85. The number of hydrogen-bond acceptors (Lipinski definition) is 2. The highest BCUT2D eigenvalue weighted by atomic mass is 16.5. The second-order valence-electron chi connectivity index (χ2n) is 7.67. The molecule has 1 aromatic heterocycles. The van der Waals surface area contributed by atoms with E-state index in [2.05, 4.69) is 37.3 Å². The van der Waals surface area contributed by atoms with Crippen molar-refractivity contribution in [1.29, 1.82) is 0 Å². The van der Waals surface area contributed by atoms with Gasteiger partial charge in [0.2, 0.25) is 0 Å². The SMILES string of the molecule is CC(COC1CCC(c2ccccc2)CC1)n1c(=O)ccc2ccccc21. The maximum atomic E-state index is 12.4. The number of pyridine rings is 1. The van der Waals surface area contributed by atoms with Crippen molar-refractivity contribution in [2.75, 3.05) is 6.61 Å². The third-order valence-electron chi connectivity index (χ3n) is 5.80. The summed E-state index contributed by atoms with van der Waals surface area (Å²) in [5, 5.41) is 1.09. The van der Waals surface area contributed by atoms with Gasteiger partial charge in [-0.3, -0.25) is 4.79 Å². The molecule has 0 spiro atoms. The van der Waals surface area contributed by atoms with Gasteiger partial charge in [-0.25, -0.2) is 0 Å². The molecule has 3 heteroatoms. The zero-order valence-corrected chi connectivity index (χ0v) is 15.9. The van der Waals surface area contributed by atoms with Crippen LogP contribution in [-0.2, 0) is 4.74 Å². The molecule has 0 saturated heterocycles. The molecular formula is C24H27NO2. The van der Waals surface area contributed by atoms with E-state index in [-0.39, 0.29) is 11.6 Å². The lowest BCUT2D eigenvalue weighted by Gasteiger charge is -2.30. The van der Waals surface area contributed by atoms with Crippen LogP contribution in [0, 0.1) is 0 Å². The number of fused-ring (bicyclic) bond motifs is 1. The molecule has 1 fully saturated rings. The van der Waals surface area contributed by atoms with E-state index in [1.54, 1.807) is 6.07 Å². The van der Waals surface area contributed by atoms with E-state index in [0.29, 0.717) is 18.6 Å². The monoisotopic (exact) mass is 361 g/mol. The topological polar surface area (TPSA) is 31.2 Å². The Bertz CT molecular complexity index is 939. The average molecular weight is 361 g/mol. The largest absolute Gasteiger partial charge is 0.376 e. The van der Waals surface area contributed by atoms with Crippen LogP contribution in [0.5, 0.6) is 0 Å². The first-order valence-corrected chi connectivity index (χ1v) is 9.99. The van der Waals surface area contributed by atoms with Gasteiger partial charge in [0.05, 0.1) is 24.3 Å². The van der Waals surface area contributed by atoms with Crippen molar-refractivity contribution in [3.8, 4) is 0 Å². The second kappa shape index (κ2) is 8.10. The highest BCUT2D eigenvalue weighted by Gasteiger charge is 2.23. The van der Waals surface area contributed by atoms with Crippen LogP contribution in [0.1, 0.15) is 50.1 Å². The summed E-state index contributed by atoms with van der Waals surface area (Å²) in [5.41, 5.74) is 2.47. The van der Waals surface area contributed by atoms with Gasteiger partial charge in [0.15, 0.2) is 0 Å². The zero-order valence-electron chi connectivity index (χ0n) is 15.9. The van der Waals surface area contributed by atoms with Crippen LogP contribution in [-0.4, -0.2) is 17.3 Å². The molecule has 1 aliphatic carbocycles. The average Bonchev–Trinajstić information content (AvgIpc) is 2.73. The van der Waals surface area contributed by atoms with Crippen LogP contribution in [0.2, 0.25) is 0 Å². The maximum absolute atomic E-state index is 12.4. The summed E-state index contributed by atoms with van der Waals surface area (Å²) >= 11 is 0. The molecule has 3 aromatic rings. The van der Waals surface area contributed by atoms with Crippen LogP contribution < -0.4 is 5.56 Å². The van der Waals surface area contributed by atoms with Crippen molar-refractivity contribution in [1.82, 2.24) is 4.57 Å². The minimum Gasteiger partial charge on any atom is -0.376 e. The van der Waals surface area contributed by atoms with Gasteiger partial charge >= 0.3 is 0 Å². The normalized spacial score (nSPS) is 21.2. The van der Waals surface area contributed by atoms with E-state index in [1.807, 2.05) is 34.9 Å². The molecule has 1 unspecified atom stereocenters. The first kappa shape index (κ1) is 18.0. The zero-order chi connectivity index (χ0) is 18.6. The Kier molecular flexibility index (Phi) is 5.40. The molecule has 0 bridgehead atoms. The molecule has 3 nitrogen and oxygen atoms in total. The first-order valence-electron chi connectivity index (χ1n) is 9.99. The van der Waals surface area contributed by atoms with Gasteiger partial charge in [-0.2, -0.15) is 0 Å². The molecule has 1 aliphatic rings. The molecule has 1 heterocycles. The predicted octanol–water partition coefficient (Wildman–Crippen LogP) is 5.31. The van der Waals surface area contributed by atoms with E-state index in [0.717, 1.165) is 23.7 Å². The Morgan fingerprint density at radius 2 is 1.63 bits per heavy atom. The van der Waals surface area contributed by atoms with Gasteiger partial charge in [-0.1, -0.05) is 48.5 Å². The van der Waals surface area contributed by atoms with Gasteiger partial charge in [0.1, 0.15) is 0 Å². The summed E-state index contributed by atoms with van der Waals surface area (Å²) in [6, 6.07) is 22.4. The third-order valence-corrected chi connectivity index (χ3v) is 5.80. The summed E-state index contributed by atoms with van der Waals surface area (Å²) in [6.45, 7) is 2.65. The van der Waals surface area contributed by atoms with E-state index in [4.69, 9.17) is 4.74 Å². The third kappa shape index (κ3) is 3.98. The van der Waals surface area contributed by atoms with Crippen molar-refractivity contribution in [3.05, 3.63) is 82.6 Å². The number of para-hydroxylation sites is 1. The molecular weight excluding hydrogens is 334 g/mol. The molecule has 1 saturated carbocycles. The number of hydrogen-bond donors (Lipinski definition) is 0. The van der Waals surface area contributed by atoms with E-state index in [1.165, 1.54) is 18.4 Å². The van der Waals surface area contributed by atoms with Crippen LogP contribution in [0.4, 0.5) is 0 Å². The van der Waals surface area contributed by atoms with E-state index < -0.39 is 0 Å². The summed E-state index contributed by atoms with van der Waals surface area (Å²) in [7, 11) is 0. The molecule has 140 valence electrons. The molecule has 0 radical (unpaired) electrons. The smallest absolute Gasteiger partial charge is 0.251 e. The number of rotatable bonds is 5. The number of nitrogens with zero attached hydrogens (tertiary/aromatic N) is 1. The first-order chi connectivity index (χ1) is 13.2. The number of ether oxygens (including phenoxy) is 1.